The van der Waals surface area contributed by atoms with Gasteiger partial charge in [0, 0.05) is 7.05 Å². The van der Waals surface area contributed by atoms with Gasteiger partial charge in [-0.25, -0.2) is 0 Å². The molecule has 1 aliphatic rings. The molecule has 0 aromatic heterocycles. The Balaban J connectivity index is 3.09. The van der Waals surface area contributed by atoms with Gasteiger partial charge in [-0.05, 0) is 53.5 Å². The summed E-state index contributed by atoms with van der Waals surface area (Å²) in [4.78, 5) is 0. The Bertz CT molecular complexity index is 385. The third kappa shape index (κ3) is 4.26. The van der Waals surface area contributed by atoms with Crippen molar-refractivity contribution < 1.29 is 0 Å². The highest BCUT2D eigenvalue weighted by Crippen LogP contribution is 2.37. The lowest BCUT2D eigenvalue weighted by atomic mass is 9.75. The molecule has 2 atom stereocenters. The van der Waals surface area contributed by atoms with Crippen molar-refractivity contribution in [3.8, 4) is 0 Å². The van der Waals surface area contributed by atoms with Gasteiger partial charge in [0.1, 0.15) is 0 Å². The van der Waals surface area contributed by atoms with Crippen molar-refractivity contribution in [3.05, 3.63) is 35.1 Å². The molecule has 20 heavy (non-hydrogen) atoms. The van der Waals surface area contributed by atoms with Crippen LogP contribution in [0, 0.1) is 17.8 Å². The van der Waals surface area contributed by atoms with Gasteiger partial charge >= 0.3 is 0 Å². The number of rotatable bonds is 7. The van der Waals surface area contributed by atoms with Crippen LogP contribution < -0.4 is 5.32 Å². The summed E-state index contributed by atoms with van der Waals surface area (Å²) in [6.07, 6.45) is 12.3. The molecule has 0 heterocycles. The van der Waals surface area contributed by atoms with Crippen LogP contribution in [0.4, 0.5) is 0 Å². The molecule has 0 aliphatic heterocycles. The second kappa shape index (κ2) is 8.34. The van der Waals surface area contributed by atoms with Gasteiger partial charge in [0.2, 0.25) is 0 Å². The monoisotopic (exact) mass is 275 g/mol. The van der Waals surface area contributed by atoms with Crippen LogP contribution in [0.5, 0.6) is 0 Å². The van der Waals surface area contributed by atoms with Crippen molar-refractivity contribution in [2.24, 2.45) is 17.8 Å². The first kappa shape index (κ1) is 17.1. The molecular weight excluding hydrogens is 242 g/mol. The van der Waals surface area contributed by atoms with Crippen LogP contribution in [0.3, 0.4) is 0 Å². The highest BCUT2D eigenvalue weighted by Gasteiger charge is 2.24. The lowest BCUT2D eigenvalue weighted by molar-refractivity contribution is 0.445. The van der Waals surface area contributed by atoms with Crippen molar-refractivity contribution >= 4 is 0 Å². The summed E-state index contributed by atoms with van der Waals surface area (Å²) in [6, 6.07) is 0. The van der Waals surface area contributed by atoms with E-state index in [1.54, 1.807) is 0 Å². The van der Waals surface area contributed by atoms with Gasteiger partial charge in [-0.1, -0.05) is 59.6 Å². The van der Waals surface area contributed by atoms with Crippen LogP contribution in [-0.4, -0.2) is 7.05 Å². The molecule has 114 valence electrons. The van der Waals surface area contributed by atoms with Gasteiger partial charge in [0.25, 0.3) is 0 Å². The fraction of sp³-hybridized carbons (Fsp3) is 0.684. The molecule has 0 radical (unpaired) electrons. The van der Waals surface area contributed by atoms with Gasteiger partial charge in [-0.2, -0.15) is 0 Å². The van der Waals surface area contributed by atoms with Crippen LogP contribution in [0.2, 0.25) is 0 Å². The van der Waals surface area contributed by atoms with E-state index in [2.05, 4.69) is 58.3 Å². The molecule has 1 N–H and O–H groups in total. The average molecular weight is 275 g/mol. The SMILES string of the molecule is CCCCC1C=C(/C(=C/NC)CC)C(C(C)C)=CC1C. The molecule has 0 fully saturated rings. The average Bonchev–Trinajstić information content (AvgIpc) is 2.43. The summed E-state index contributed by atoms with van der Waals surface area (Å²) in [7, 11) is 2.00. The molecule has 0 aromatic rings. The first-order chi connectivity index (χ1) is 9.54. The van der Waals surface area contributed by atoms with E-state index in [0.717, 1.165) is 6.42 Å². The minimum atomic E-state index is 0.600. The van der Waals surface area contributed by atoms with Crippen LogP contribution in [0.15, 0.2) is 35.1 Å². The van der Waals surface area contributed by atoms with Crippen molar-refractivity contribution in [2.45, 2.75) is 60.3 Å². The van der Waals surface area contributed by atoms with E-state index in [1.807, 2.05) is 7.05 Å². The quantitative estimate of drug-likeness (QED) is 0.650. The zero-order valence-electron chi connectivity index (χ0n) is 14.3. The van der Waals surface area contributed by atoms with Crippen molar-refractivity contribution in [2.75, 3.05) is 7.05 Å². The molecule has 0 saturated carbocycles. The summed E-state index contributed by atoms with van der Waals surface area (Å²) in [5, 5.41) is 3.21. The van der Waals surface area contributed by atoms with Gasteiger partial charge in [-0.15, -0.1) is 0 Å². The Hall–Kier alpha value is -0.980. The van der Waals surface area contributed by atoms with Gasteiger partial charge in [0.05, 0.1) is 0 Å². The van der Waals surface area contributed by atoms with E-state index >= 15 is 0 Å². The lowest BCUT2D eigenvalue weighted by Crippen LogP contribution is -2.17. The van der Waals surface area contributed by atoms with Crippen molar-refractivity contribution in [1.29, 1.82) is 0 Å². The highest BCUT2D eigenvalue weighted by molar-refractivity contribution is 5.49. The third-order valence-corrected chi connectivity index (χ3v) is 4.37. The summed E-state index contributed by atoms with van der Waals surface area (Å²) in [6.45, 7) is 11.5. The van der Waals surface area contributed by atoms with E-state index in [0.29, 0.717) is 17.8 Å². The molecule has 0 aromatic carbocycles. The number of nitrogens with one attached hydrogen (secondary N) is 1. The van der Waals surface area contributed by atoms with Crippen LogP contribution in [-0.2, 0) is 0 Å². The zero-order chi connectivity index (χ0) is 15.1. The molecule has 0 saturated heterocycles. The van der Waals surface area contributed by atoms with Crippen LogP contribution >= 0.6 is 0 Å². The number of allylic oxidation sites excluding steroid dienone is 5. The van der Waals surface area contributed by atoms with E-state index in [4.69, 9.17) is 0 Å². The van der Waals surface area contributed by atoms with E-state index in [-0.39, 0.29) is 0 Å². The molecule has 1 rings (SSSR count). The smallest absolute Gasteiger partial charge is 0.00278 e. The minimum Gasteiger partial charge on any atom is -0.394 e. The summed E-state index contributed by atoms with van der Waals surface area (Å²) in [5.74, 6) is 1.98. The topological polar surface area (TPSA) is 12.0 Å². The third-order valence-electron chi connectivity index (χ3n) is 4.37. The Morgan fingerprint density at radius 1 is 1.30 bits per heavy atom. The molecule has 1 heteroatoms. The van der Waals surface area contributed by atoms with Gasteiger partial charge in [-0.3, -0.25) is 0 Å². The van der Waals surface area contributed by atoms with Gasteiger partial charge in [0.15, 0.2) is 0 Å². The summed E-state index contributed by atoms with van der Waals surface area (Å²) >= 11 is 0. The maximum Gasteiger partial charge on any atom is 0.00278 e. The maximum absolute atomic E-state index is 3.21. The molecule has 1 aliphatic carbocycles. The Labute approximate surface area is 126 Å². The van der Waals surface area contributed by atoms with Crippen molar-refractivity contribution in [1.82, 2.24) is 5.32 Å². The Morgan fingerprint density at radius 2 is 2.00 bits per heavy atom. The first-order valence-electron chi connectivity index (χ1n) is 8.35. The summed E-state index contributed by atoms with van der Waals surface area (Å²) in [5.41, 5.74) is 4.48. The first-order valence-corrected chi connectivity index (χ1v) is 8.35. The fourth-order valence-electron chi connectivity index (χ4n) is 3.09. The van der Waals surface area contributed by atoms with Crippen LogP contribution in [0.1, 0.15) is 60.3 Å². The molecule has 1 nitrogen and oxygen atoms in total. The highest BCUT2D eigenvalue weighted by atomic mass is 14.8. The largest absolute Gasteiger partial charge is 0.394 e. The fourth-order valence-corrected chi connectivity index (χ4v) is 3.09. The molecule has 0 amide bonds. The molecular formula is C19H33N. The second-order valence-corrected chi connectivity index (χ2v) is 6.33. The standard InChI is InChI=1S/C19H33N/c1-7-9-10-17-12-19(16(8-2)13-20-6)18(14(3)4)11-15(17)5/h11-15,17,20H,7-10H2,1-6H3/b16-13+. The molecule has 0 bridgehead atoms. The second-order valence-electron chi connectivity index (χ2n) is 6.33. The zero-order valence-corrected chi connectivity index (χ0v) is 14.3. The van der Waals surface area contributed by atoms with E-state index in [9.17, 15) is 0 Å². The maximum atomic E-state index is 3.21. The van der Waals surface area contributed by atoms with Gasteiger partial charge < -0.3 is 5.32 Å². The number of unbranched alkanes of at least 4 members (excludes halogenated alkanes) is 1. The predicted molar refractivity (Wildman–Crippen MR) is 90.6 cm³/mol. The minimum absolute atomic E-state index is 0.600. The lowest BCUT2D eigenvalue weighted by Gasteiger charge is -2.30. The molecule has 0 spiro atoms. The van der Waals surface area contributed by atoms with E-state index in [1.165, 1.54) is 36.0 Å². The normalized spacial score (nSPS) is 23.6. The Kier molecular flexibility index (Phi) is 7.12. The van der Waals surface area contributed by atoms with Crippen molar-refractivity contribution in [3.63, 3.8) is 0 Å². The van der Waals surface area contributed by atoms with E-state index < -0.39 is 0 Å². The number of hydrogen-bond acceptors (Lipinski definition) is 1. The molecule has 2 unspecified atom stereocenters. The summed E-state index contributed by atoms with van der Waals surface area (Å²) < 4.78 is 0. The number of hydrogen-bond donors (Lipinski definition) is 1. The van der Waals surface area contributed by atoms with Crippen LogP contribution in [0.25, 0.3) is 0 Å². The predicted octanol–water partition coefficient (Wildman–Crippen LogP) is 5.46. The Morgan fingerprint density at radius 3 is 2.50 bits per heavy atom.